The van der Waals surface area contributed by atoms with Crippen LogP contribution in [0, 0.1) is 0 Å². The van der Waals surface area contributed by atoms with Gasteiger partial charge in [-0.05, 0) is 31.5 Å². The van der Waals surface area contributed by atoms with Crippen molar-refractivity contribution >= 4 is 34.8 Å². The van der Waals surface area contributed by atoms with Crippen molar-refractivity contribution in [1.29, 1.82) is 0 Å². The Balaban J connectivity index is 1.85. The molecule has 0 fully saturated rings. The van der Waals surface area contributed by atoms with Gasteiger partial charge in [0.1, 0.15) is 12.2 Å². The lowest BCUT2D eigenvalue weighted by atomic mass is 10.1. The fraction of sp³-hybridized carbons (Fsp3) is 0.385. The SMILES string of the molecule is CC(NCCCc1ncn[nH]1)c1ccc(Cl)c(Cl)c1Cl. The van der Waals surface area contributed by atoms with Gasteiger partial charge in [0, 0.05) is 12.5 Å². The van der Waals surface area contributed by atoms with Gasteiger partial charge in [0.2, 0.25) is 0 Å². The van der Waals surface area contributed by atoms with Gasteiger partial charge >= 0.3 is 0 Å². The topological polar surface area (TPSA) is 53.6 Å². The Labute approximate surface area is 132 Å². The predicted molar refractivity (Wildman–Crippen MR) is 82.6 cm³/mol. The molecular formula is C13H15Cl3N4. The van der Waals surface area contributed by atoms with E-state index < -0.39 is 0 Å². The quantitative estimate of drug-likeness (QED) is 0.619. The van der Waals surface area contributed by atoms with Crippen LogP contribution < -0.4 is 5.32 Å². The number of nitrogens with one attached hydrogen (secondary N) is 2. The molecule has 4 nitrogen and oxygen atoms in total. The molecule has 0 aliphatic heterocycles. The minimum atomic E-state index is 0.104. The van der Waals surface area contributed by atoms with Crippen molar-refractivity contribution in [3.8, 4) is 0 Å². The highest BCUT2D eigenvalue weighted by Gasteiger charge is 2.13. The molecule has 0 aliphatic rings. The highest BCUT2D eigenvalue weighted by Crippen LogP contribution is 2.35. The average Bonchev–Trinajstić information content (AvgIpc) is 2.94. The summed E-state index contributed by atoms with van der Waals surface area (Å²) in [5.74, 6) is 0.895. The maximum absolute atomic E-state index is 6.21. The van der Waals surface area contributed by atoms with Gasteiger partial charge in [-0.2, -0.15) is 5.10 Å². The van der Waals surface area contributed by atoms with Crippen LogP contribution in [0.5, 0.6) is 0 Å². The predicted octanol–water partition coefficient (Wildman–Crippen LogP) is 4.05. The van der Waals surface area contributed by atoms with Crippen molar-refractivity contribution in [3.63, 3.8) is 0 Å². The first-order valence-electron chi connectivity index (χ1n) is 6.30. The van der Waals surface area contributed by atoms with Gasteiger partial charge in [0.05, 0.1) is 15.1 Å². The van der Waals surface area contributed by atoms with Crippen molar-refractivity contribution in [2.45, 2.75) is 25.8 Å². The Kier molecular flexibility index (Phi) is 5.66. The fourth-order valence-corrected chi connectivity index (χ4v) is 2.62. The molecule has 7 heteroatoms. The lowest BCUT2D eigenvalue weighted by molar-refractivity contribution is 0.554. The van der Waals surface area contributed by atoms with E-state index in [0.717, 1.165) is 30.8 Å². The van der Waals surface area contributed by atoms with Crippen LogP contribution in [0.3, 0.4) is 0 Å². The molecule has 0 aliphatic carbocycles. The van der Waals surface area contributed by atoms with Crippen LogP contribution in [0.4, 0.5) is 0 Å². The molecule has 1 atom stereocenters. The number of aromatic nitrogens is 3. The van der Waals surface area contributed by atoms with E-state index in [2.05, 4.69) is 20.5 Å². The number of hydrogen-bond donors (Lipinski definition) is 2. The van der Waals surface area contributed by atoms with Crippen LogP contribution in [-0.4, -0.2) is 21.7 Å². The Bertz CT molecular complexity index is 557. The third-order valence-electron chi connectivity index (χ3n) is 3.04. The van der Waals surface area contributed by atoms with E-state index in [4.69, 9.17) is 34.8 Å². The molecule has 0 saturated heterocycles. The van der Waals surface area contributed by atoms with Gasteiger partial charge in [-0.15, -0.1) is 0 Å². The Morgan fingerprint density at radius 1 is 1.25 bits per heavy atom. The summed E-state index contributed by atoms with van der Waals surface area (Å²) >= 11 is 18.2. The summed E-state index contributed by atoms with van der Waals surface area (Å²) < 4.78 is 0. The number of hydrogen-bond acceptors (Lipinski definition) is 3. The largest absolute Gasteiger partial charge is 0.310 e. The van der Waals surface area contributed by atoms with Gasteiger partial charge in [-0.1, -0.05) is 40.9 Å². The monoisotopic (exact) mass is 332 g/mol. The summed E-state index contributed by atoms with van der Waals surface area (Å²) in [7, 11) is 0. The Morgan fingerprint density at radius 2 is 2.05 bits per heavy atom. The van der Waals surface area contributed by atoms with Crippen LogP contribution in [-0.2, 0) is 6.42 Å². The molecule has 20 heavy (non-hydrogen) atoms. The van der Waals surface area contributed by atoms with E-state index in [1.807, 2.05) is 13.0 Å². The lowest BCUT2D eigenvalue weighted by Crippen LogP contribution is -2.20. The van der Waals surface area contributed by atoms with E-state index in [1.54, 1.807) is 6.07 Å². The summed E-state index contributed by atoms with van der Waals surface area (Å²) in [6.45, 7) is 2.89. The van der Waals surface area contributed by atoms with Crippen LogP contribution in [0.25, 0.3) is 0 Å². The van der Waals surface area contributed by atoms with E-state index in [0.29, 0.717) is 15.1 Å². The van der Waals surface area contributed by atoms with Crippen LogP contribution in [0.15, 0.2) is 18.5 Å². The highest BCUT2D eigenvalue weighted by molar-refractivity contribution is 6.48. The number of nitrogens with zero attached hydrogens (tertiary/aromatic N) is 2. The zero-order valence-corrected chi connectivity index (χ0v) is 13.2. The molecule has 2 aromatic rings. The highest BCUT2D eigenvalue weighted by atomic mass is 35.5. The fourth-order valence-electron chi connectivity index (χ4n) is 1.91. The van der Waals surface area contributed by atoms with Crippen molar-refractivity contribution in [2.75, 3.05) is 6.54 Å². The Morgan fingerprint density at radius 3 is 2.75 bits per heavy atom. The summed E-state index contributed by atoms with van der Waals surface area (Å²) in [4.78, 5) is 4.08. The third kappa shape index (κ3) is 3.85. The summed E-state index contributed by atoms with van der Waals surface area (Å²) in [5, 5.41) is 11.4. The number of halogens is 3. The van der Waals surface area contributed by atoms with Gasteiger partial charge in [0.25, 0.3) is 0 Å². The van der Waals surface area contributed by atoms with E-state index in [9.17, 15) is 0 Å². The maximum Gasteiger partial charge on any atom is 0.137 e. The second kappa shape index (κ2) is 7.27. The average molecular weight is 334 g/mol. The molecule has 0 saturated carbocycles. The standard InChI is InChI=1S/C13H15Cl3N4/c1-8(9-4-5-10(14)13(16)12(9)15)17-6-2-3-11-18-7-19-20-11/h4-5,7-8,17H,2-3,6H2,1H3,(H,18,19,20). The van der Waals surface area contributed by atoms with Gasteiger partial charge in [-0.3, -0.25) is 5.10 Å². The molecule has 0 bridgehead atoms. The number of rotatable bonds is 6. The summed E-state index contributed by atoms with van der Waals surface area (Å²) in [6.07, 6.45) is 3.33. The second-order valence-electron chi connectivity index (χ2n) is 4.48. The summed E-state index contributed by atoms with van der Waals surface area (Å²) in [5.41, 5.74) is 0.945. The number of benzene rings is 1. The molecule has 108 valence electrons. The normalized spacial score (nSPS) is 12.6. The van der Waals surface area contributed by atoms with Gasteiger partial charge in [0.15, 0.2) is 0 Å². The van der Waals surface area contributed by atoms with Crippen molar-refractivity contribution in [2.24, 2.45) is 0 Å². The molecule has 1 unspecified atom stereocenters. The molecule has 2 rings (SSSR count). The molecule has 1 heterocycles. The van der Waals surface area contributed by atoms with Crippen LogP contribution >= 0.6 is 34.8 Å². The van der Waals surface area contributed by atoms with Crippen LogP contribution in [0.2, 0.25) is 15.1 Å². The molecule has 0 radical (unpaired) electrons. The number of aryl methyl sites for hydroxylation is 1. The zero-order chi connectivity index (χ0) is 14.5. The smallest absolute Gasteiger partial charge is 0.137 e. The van der Waals surface area contributed by atoms with Crippen molar-refractivity contribution in [1.82, 2.24) is 20.5 Å². The number of H-pyrrole nitrogens is 1. The first-order valence-corrected chi connectivity index (χ1v) is 7.44. The maximum atomic E-state index is 6.21. The first-order chi connectivity index (χ1) is 9.59. The molecule has 1 aromatic carbocycles. The molecule has 1 aromatic heterocycles. The van der Waals surface area contributed by atoms with Crippen molar-refractivity contribution < 1.29 is 0 Å². The minimum Gasteiger partial charge on any atom is -0.310 e. The van der Waals surface area contributed by atoms with Gasteiger partial charge < -0.3 is 5.32 Å². The van der Waals surface area contributed by atoms with Crippen molar-refractivity contribution in [3.05, 3.63) is 44.9 Å². The minimum absolute atomic E-state index is 0.104. The first kappa shape index (κ1) is 15.6. The molecular weight excluding hydrogens is 319 g/mol. The lowest BCUT2D eigenvalue weighted by Gasteiger charge is -2.16. The Hall–Kier alpha value is -0.810. The second-order valence-corrected chi connectivity index (χ2v) is 5.64. The molecule has 2 N–H and O–H groups in total. The zero-order valence-electron chi connectivity index (χ0n) is 11.0. The van der Waals surface area contributed by atoms with Gasteiger partial charge in [-0.25, -0.2) is 4.98 Å². The summed E-state index contributed by atoms with van der Waals surface area (Å²) in [6, 6.07) is 3.76. The molecule has 0 spiro atoms. The third-order valence-corrected chi connectivity index (χ3v) is 4.35. The number of aromatic amines is 1. The molecule has 0 amide bonds. The van der Waals surface area contributed by atoms with Crippen LogP contribution in [0.1, 0.15) is 30.8 Å². The van der Waals surface area contributed by atoms with E-state index >= 15 is 0 Å². The van der Waals surface area contributed by atoms with E-state index in [1.165, 1.54) is 6.33 Å². The van der Waals surface area contributed by atoms with E-state index in [-0.39, 0.29) is 6.04 Å².